The van der Waals surface area contributed by atoms with Crippen LogP contribution in [-0.2, 0) is 16.0 Å². The lowest BCUT2D eigenvalue weighted by molar-refractivity contribution is -0.153. The first-order valence-electron chi connectivity index (χ1n) is 8.53. The highest BCUT2D eigenvalue weighted by Gasteiger charge is 2.58. The molecule has 3 aliphatic rings. The third-order valence-corrected chi connectivity index (χ3v) is 5.90. The summed E-state index contributed by atoms with van der Waals surface area (Å²) in [6.45, 7) is 1.71. The first-order chi connectivity index (χ1) is 11.6. The van der Waals surface area contributed by atoms with Crippen molar-refractivity contribution < 1.29 is 19.4 Å². The molecule has 1 aromatic carbocycles. The summed E-state index contributed by atoms with van der Waals surface area (Å²) >= 11 is 0. The Bertz CT molecular complexity index is 726. The van der Waals surface area contributed by atoms with E-state index in [2.05, 4.69) is 11.0 Å². The van der Waals surface area contributed by atoms with Gasteiger partial charge in [0.15, 0.2) is 11.5 Å². The van der Waals surface area contributed by atoms with Crippen molar-refractivity contribution in [3.63, 3.8) is 0 Å². The number of nitrogens with zero attached hydrogens (tertiary/aromatic N) is 1. The highest BCUT2D eigenvalue weighted by molar-refractivity contribution is 5.83. The van der Waals surface area contributed by atoms with E-state index in [4.69, 9.17) is 9.47 Å². The minimum atomic E-state index is -0.593. The van der Waals surface area contributed by atoms with Gasteiger partial charge in [0.05, 0.1) is 20.3 Å². The van der Waals surface area contributed by atoms with E-state index in [1.54, 1.807) is 13.2 Å². The van der Waals surface area contributed by atoms with Crippen LogP contribution in [0.5, 0.6) is 11.5 Å². The molecule has 24 heavy (non-hydrogen) atoms. The van der Waals surface area contributed by atoms with E-state index >= 15 is 0 Å². The molecule has 128 valence electrons. The average Bonchev–Trinajstić information content (AvgIpc) is 2.96. The van der Waals surface area contributed by atoms with E-state index in [-0.39, 0.29) is 17.8 Å². The smallest absolute Gasteiger partial charge is 0.317 e. The van der Waals surface area contributed by atoms with Crippen molar-refractivity contribution in [3.8, 4) is 11.5 Å². The molecule has 0 aromatic heterocycles. The van der Waals surface area contributed by atoms with Gasteiger partial charge in [-0.05, 0) is 54.5 Å². The lowest BCUT2D eigenvalue weighted by Gasteiger charge is -2.41. The summed E-state index contributed by atoms with van der Waals surface area (Å²) in [5, 5.41) is 10.1. The molecular weight excluding hydrogens is 306 g/mol. The second kappa shape index (κ2) is 5.52. The van der Waals surface area contributed by atoms with Crippen LogP contribution in [0.3, 0.4) is 0 Å². The van der Waals surface area contributed by atoms with Crippen molar-refractivity contribution in [2.75, 3.05) is 27.3 Å². The first kappa shape index (κ1) is 15.5. The molecule has 1 fully saturated rings. The summed E-state index contributed by atoms with van der Waals surface area (Å²) < 4.78 is 10.6. The van der Waals surface area contributed by atoms with Gasteiger partial charge in [0.25, 0.3) is 0 Å². The number of allylic oxidation sites excluding steroid dienone is 1. The Hall–Kier alpha value is -2.01. The second-order valence-corrected chi connectivity index (χ2v) is 6.93. The van der Waals surface area contributed by atoms with Gasteiger partial charge >= 0.3 is 5.97 Å². The van der Waals surface area contributed by atoms with Crippen LogP contribution in [0.15, 0.2) is 23.8 Å². The summed E-state index contributed by atoms with van der Waals surface area (Å²) in [7, 11) is 3.03. The minimum Gasteiger partial charge on any atom is -0.504 e. The first-order valence-corrected chi connectivity index (χ1v) is 8.53. The number of rotatable bonds is 2. The highest BCUT2D eigenvalue weighted by atomic mass is 16.5. The number of carbonyl (C=O) groups is 1. The summed E-state index contributed by atoms with van der Waals surface area (Å²) in [6, 6.07) is 3.67. The van der Waals surface area contributed by atoms with Crippen LogP contribution in [-0.4, -0.2) is 43.3 Å². The number of fused-ring (bicyclic) bond motifs is 5. The molecule has 5 heteroatoms. The van der Waals surface area contributed by atoms with Gasteiger partial charge in [-0.25, -0.2) is 0 Å². The van der Waals surface area contributed by atoms with E-state index in [1.807, 2.05) is 6.07 Å². The fraction of sp³-hybridized carbons (Fsp3) is 0.526. The number of esters is 1. The van der Waals surface area contributed by atoms with E-state index in [9.17, 15) is 9.90 Å². The topological polar surface area (TPSA) is 59.0 Å². The summed E-state index contributed by atoms with van der Waals surface area (Å²) in [6.07, 6.45) is 5.94. The normalized spacial score (nSPS) is 28.4. The van der Waals surface area contributed by atoms with Crippen molar-refractivity contribution in [1.82, 2.24) is 4.90 Å². The van der Waals surface area contributed by atoms with Crippen LogP contribution in [0.2, 0.25) is 0 Å². The van der Waals surface area contributed by atoms with Gasteiger partial charge in [-0.1, -0.05) is 6.08 Å². The van der Waals surface area contributed by atoms with Crippen molar-refractivity contribution in [2.24, 2.45) is 5.41 Å². The summed E-state index contributed by atoms with van der Waals surface area (Å²) in [4.78, 5) is 15.3. The molecule has 5 nitrogen and oxygen atoms in total. The molecule has 0 saturated carbocycles. The number of hydrogen-bond acceptors (Lipinski definition) is 5. The molecule has 0 amide bonds. The number of benzene rings is 1. The fourth-order valence-corrected chi connectivity index (χ4v) is 4.86. The van der Waals surface area contributed by atoms with Crippen LogP contribution < -0.4 is 4.74 Å². The van der Waals surface area contributed by atoms with Crippen molar-refractivity contribution >= 4 is 5.97 Å². The standard InChI is InChI=1S/C19H23NO4/c1-23-16-10-14-12(9-15(16)21)6-8-20-11-13-5-3-4-7-19(13,17(14)20)18(22)24-2/h5,9-10,17,21H,3-4,6-8,11H2,1-2H3. The maximum absolute atomic E-state index is 12.9. The zero-order valence-electron chi connectivity index (χ0n) is 14.2. The van der Waals surface area contributed by atoms with Gasteiger partial charge in [-0.15, -0.1) is 0 Å². The number of methoxy groups -OCH3 is 2. The van der Waals surface area contributed by atoms with Crippen LogP contribution in [0.25, 0.3) is 0 Å². The quantitative estimate of drug-likeness (QED) is 0.667. The molecule has 1 N–H and O–H groups in total. The molecule has 4 rings (SSSR count). The fourth-order valence-electron chi connectivity index (χ4n) is 4.86. The lowest BCUT2D eigenvalue weighted by atomic mass is 9.67. The van der Waals surface area contributed by atoms with Gasteiger partial charge in [-0.2, -0.15) is 0 Å². The molecule has 2 aliphatic heterocycles. The zero-order chi connectivity index (χ0) is 16.9. The molecule has 0 bridgehead atoms. The Balaban J connectivity index is 1.91. The monoisotopic (exact) mass is 329 g/mol. The number of hydrogen-bond donors (Lipinski definition) is 1. The maximum Gasteiger partial charge on any atom is 0.317 e. The molecule has 0 radical (unpaired) electrons. The van der Waals surface area contributed by atoms with Crippen LogP contribution >= 0.6 is 0 Å². The predicted octanol–water partition coefficient (Wildman–Crippen LogP) is 2.58. The van der Waals surface area contributed by atoms with Gasteiger partial charge in [0.2, 0.25) is 0 Å². The van der Waals surface area contributed by atoms with E-state index in [1.165, 1.54) is 12.7 Å². The Morgan fingerprint density at radius 2 is 2.21 bits per heavy atom. The second-order valence-electron chi connectivity index (χ2n) is 6.93. The van der Waals surface area contributed by atoms with Gasteiger partial charge < -0.3 is 14.6 Å². The van der Waals surface area contributed by atoms with Gasteiger partial charge in [-0.3, -0.25) is 9.69 Å². The zero-order valence-corrected chi connectivity index (χ0v) is 14.2. The minimum absolute atomic E-state index is 0.0326. The molecule has 1 aliphatic carbocycles. The SMILES string of the molecule is COC(=O)C12CCCC=C1CN1CCc3cc(O)c(OC)cc3C12. The Morgan fingerprint density at radius 1 is 1.38 bits per heavy atom. The van der Waals surface area contributed by atoms with Crippen LogP contribution in [0.1, 0.15) is 36.4 Å². The van der Waals surface area contributed by atoms with Gasteiger partial charge in [0.1, 0.15) is 5.41 Å². The predicted molar refractivity (Wildman–Crippen MR) is 89.1 cm³/mol. The third-order valence-electron chi connectivity index (χ3n) is 5.90. The van der Waals surface area contributed by atoms with E-state index < -0.39 is 5.41 Å². The molecule has 2 heterocycles. The van der Waals surface area contributed by atoms with Crippen LogP contribution in [0, 0.1) is 5.41 Å². The highest BCUT2D eigenvalue weighted by Crippen LogP contribution is 2.58. The Labute approximate surface area is 141 Å². The van der Waals surface area contributed by atoms with E-state index in [0.29, 0.717) is 5.75 Å². The lowest BCUT2D eigenvalue weighted by Crippen LogP contribution is -2.43. The maximum atomic E-state index is 12.9. The molecule has 1 aromatic rings. The largest absolute Gasteiger partial charge is 0.504 e. The number of aromatic hydroxyl groups is 1. The Morgan fingerprint density at radius 3 is 2.96 bits per heavy atom. The number of phenolic OH excluding ortho intramolecular Hbond substituents is 1. The molecule has 2 atom stereocenters. The van der Waals surface area contributed by atoms with Crippen LogP contribution in [0.4, 0.5) is 0 Å². The van der Waals surface area contributed by atoms with Crippen molar-refractivity contribution in [1.29, 1.82) is 0 Å². The number of ether oxygens (including phenoxy) is 2. The average molecular weight is 329 g/mol. The van der Waals surface area contributed by atoms with Crippen molar-refractivity contribution in [3.05, 3.63) is 34.9 Å². The number of carbonyl (C=O) groups excluding carboxylic acids is 1. The summed E-state index contributed by atoms with van der Waals surface area (Å²) in [5.41, 5.74) is 2.80. The van der Waals surface area contributed by atoms with E-state index in [0.717, 1.165) is 49.9 Å². The Kier molecular flexibility index (Phi) is 3.57. The molecular formula is C19H23NO4. The number of phenols is 1. The third kappa shape index (κ3) is 1.94. The van der Waals surface area contributed by atoms with Gasteiger partial charge in [0, 0.05) is 13.1 Å². The van der Waals surface area contributed by atoms with Crippen molar-refractivity contribution in [2.45, 2.75) is 31.7 Å². The molecule has 2 unspecified atom stereocenters. The molecule has 1 saturated heterocycles. The summed E-state index contributed by atoms with van der Waals surface area (Å²) in [5.74, 6) is 0.485. The molecule has 0 spiro atoms.